The third-order valence-corrected chi connectivity index (χ3v) is 5.38. The Morgan fingerprint density at radius 1 is 1.17 bits per heavy atom. The summed E-state index contributed by atoms with van der Waals surface area (Å²) in [5.74, 6) is 3.12. The number of aromatic amines is 1. The molecule has 4 fully saturated rings. The highest BCUT2D eigenvalue weighted by atomic mass is 16.4. The number of rotatable bonds is 2. The van der Waals surface area contributed by atoms with Gasteiger partial charge >= 0.3 is 5.97 Å². The van der Waals surface area contributed by atoms with Gasteiger partial charge in [0.25, 0.3) is 0 Å². The second-order valence-electron chi connectivity index (χ2n) is 6.45. The summed E-state index contributed by atoms with van der Waals surface area (Å²) in [7, 11) is 0. The van der Waals surface area contributed by atoms with Crippen molar-refractivity contribution in [2.45, 2.75) is 38.0 Å². The molecule has 0 amide bonds. The third-order valence-electron chi connectivity index (χ3n) is 5.38. The second kappa shape index (κ2) is 3.59. The molecular formula is C14H18N2O2. The first-order valence-corrected chi connectivity index (χ1v) is 6.99. The van der Waals surface area contributed by atoms with Gasteiger partial charge in [0, 0.05) is 17.8 Å². The molecule has 5 rings (SSSR count). The summed E-state index contributed by atoms with van der Waals surface area (Å²) in [5, 5.41) is 8.95. The van der Waals surface area contributed by atoms with Crippen molar-refractivity contribution in [3.05, 3.63) is 17.7 Å². The lowest BCUT2D eigenvalue weighted by Crippen LogP contribution is -2.43. The van der Waals surface area contributed by atoms with Gasteiger partial charge in [-0.15, -0.1) is 0 Å². The molecule has 0 spiro atoms. The summed E-state index contributed by atoms with van der Waals surface area (Å²) in [5.41, 5.74) is 1.07. The zero-order valence-electron chi connectivity index (χ0n) is 10.3. The Bertz CT molecular complexity index is 466. The first kappa shape index (κ1) is 10.6. The molecule has 4 aliphatic rings. The van der Waals surface area contributed by atoms with Crippen molar-refractivity contribution in [1.82, 2.24) is 9.97 Å². The van der Waals surface area contributed by atoms with Crippen LogP contribution in [-0.4, -0.2) is 21.0 Å². The fourth-order valence-electron chi connectivity index (χ4n) is 5.05. The Labute approximate surface area is 106 Å². The highest BCUT2D eigenvalue weighted by Crippen LogP contribution is 2.59. The summed E-state index contributed by atoms with van der Waals surface area (Å²) < 4.78 is 0. The minimum absolute atomic E-state index is 0.0961. The number of carboxylic acids is 1. The number of carboxylic acid groups (broad SMARTS) is 1. The van der Waals surface area contributed by atoms with E-state index in [1.165, 1.54) is 32.1 Å². The number of aromatic nitrogens is 2. The maximum Gasteiger partial charge on any atom is 0.371 e. The third kappa shape index (κ3) is 1.44. The summed E-state index contributed by atoms with van der Waals surface area (Å²) in [6.45, 7) is 0. The number of H-pyrrole nitrogens is 1. The van der Waals surface area contributed by atoms with Gasteiger partial charge in [-0.25, -0.2) is 9.78 Å². The van der Waals surface area contributed by atoms with Crippen LogP contribution in [-0.2, 0) is 0 Å². The number of carbonyl (C=O) groups is 1. The molecule has 0 aromatic carbocycles. The van der Waals surface area contributed by atoms with E-state index in [4.69, 9.17) is 5.11 Å². The molecule has 4 nitrogen and oxygen atoms in total. The van der Waals surface area contributed by atoms with Crippen molar-refractivity contribution in [3.63, 3.8) is 0 Å². The average Bonchev–Trinajstić information content (AvgIpc) is 2.77. The van der Waals surface area contributed by atoms with Gasteiger partial charge in [-0.1, -0.05) is 0 Å². The molecule has 96 valence electrons. The van der Waals surface area contributed by atoms with Gasteiger partial charge in [-0.05, 0) is 55.8 Å². The van der Waals surface area contributed by atoms with E-state index in [1.807, 2.05) is 0 Å². The van der Waals surface area contributed by atoms with E-state index in [0.29, 0.717) is 5.92 Å². The van der Waals surface area contributed by atoms with Crippen LogP contribution < -0.4 is 0 Å². The van der Waals surface area contributed by atoms with Crippen molar-refractivity contribution in [2.75, 3.05) is 0 Å². The zero-order chi connectivity index (χ0) is 12.3. The quantitative estimate of drug-likeness (QED) is 0.843. The molecule has 0 saturated heterocycles. The maximum atomic E-state index is 10.9. The van der Waals surface area contributed by atoms with Crippen molar-refractivity contribution in [3.8, 4) is 0 Å². The molecular weight excluding hydrogens is 228 g/mol. The van der Waals surface area contributed by atoms with Crippen LogP contribution in [0.4, 0.5) is 0 Å². The predicted octanol–water partition coefficient (Wildman–Crippen LogP) is 2.65. The molecule has 4 saturated carbocycles. The van der Waals surface area contributed by atoms with E-state index in [-0.39, 0.29) is 5.82 Å². The molecule has 4 aliphatic carbocycles. The van der Waals surface area contributed by atoms with Crippen molar-refractivity contribution < 1.29 is 9.90 Å². The Hall–Kier alpha value is -1.32. The average molecular weight is 246 g/mol. The van der Waals surface area contributed by atoms with E-state index >= 15 is 0 Å². The number of nitrogens with one attached hydrogen (secondary N) is 1. The molecule has 4 bridgehead atoms. The molecule has 1 aromatic rings. The smallest absolute Gasteiger partial charge is 0.371 e. The lowest BCUT2D eigenvalue weighted by atomic mass is 9.51. The Balaban J connectivity index is 1.66. The fourth-order valence-corrected chi connectivity index (χ4v) is 5.05. The van der Waals surface area contributed by atoms with E-state index in [9.17, 15) is 4.79 Å². The SMILES string of the molecule is O=C(O)c1ncc(C2C3CC4CC(C3)CC2C4)[nH]1. The van der Waals surface area contributed by atoms with Gasteiger partial charge in [0.05, 0.1) is 0 Å². The highest BCUT2D eigenvalue weighted by molar-refractivity contribution is 5.83. The van der Waals surface area contributed by atoms with Crippen LogP contribution in [0.1, 0.15) is 54.3 Å². The van der Waals surface area contributed by atoms with E-state index in [2.05, 4.69) is 9.97 Å². The van der Waals surface area contributed by atoms with Crippen molar-refractivity contribution in [2.24, 2.45) is 23.7 Å². The molecule has 0 aliphatic heterocycles. The van der Waals surface area contributed by atoms with Crippen molar-refractivity contribution in [1.29, 1.82) is 0 Å². The Kier molecular flexibility index (Phi) is 2.11. The van der Waals surface area contributed by atoms with Crippen molar-refractivity contribution >= 4 is 5.97 Å². The number of nitrogens with zero attached hydrogens (tertiary/aromatic N) is 1. The molecule has 1 aromatic heterocycles. The van der Waals surface area contributed by atoms with Gasteiger partial charge in [-0.3, -0.25) is 0 Å². The minimum Gasteiger partial charge on any atom is -0.475 e. The van der Waals surface area contributed by atoms with Crippen LogP contribution in [0.2, 0.25) is 0 Å². The van der Waals surface area contributed by atoms with E-state index in [1.54, 1.807) is 6.20 Å². The first-order valence-electron chi connectivity index (χ1n) is 6.99. The molecule has 1 heterocycles. The van der Waals surface area contributed by atoms with Crippen LogP contribution in [0, 0.1) is 23.7 Å². The normalized spacial score (nSPS) is 41.2. The molecule has 0 atom stereocenters. The monoisotopic (exact) mass is 246 g/mol. The van der Waals surface area contributed by atoms with E-state index in [0.717, 1.165) is 29.4 Å². The van der Waals surface area contributed by atoms with Crippen LogP contribution in [0.5, 0.6) is 0 Å². The number of hydrogen-bond acceptors (Lipinski definition) is 2. The second-order valence-corrected chi connectivity index (χ2v) is 6.45. The number of imidazole rings is 1. The molecule has 18 heavy (non-hydrogen) atoms. The highest BCUT2D eigenvalue weighted by Gasteiger charge is 2.49. The zero-order valence-corrected chi connectivity index (χ0v) is 10.3. The predicted molar refractivity (Wildman–Crippen MR) is 65.3 cm³/mol. The summed E-state index contributed by atoms with van der Waals surface area (Å²) in [4.78, 5) is 17.9. The number of aromatic carboxylic acids is 1. The summed E-state index contributed by atoms with van der Waals surface area (Å²) in [6.07, 6.45) is 8.59. The summed E-state index contributed by atoms with van der Waals surface area (Å²) in [6, 6.07) is 0. The first-order chi connectivity index (χ1) is 8.70. The Morgan fingerprint density at radius 3 is 2.28 bits per heavy atom. The topological polar surface area (TPSA) is 66.0 Å². The van der Waals surface area contributed by atoms with Gasteiger partial charge in [0.2, 0.25) is 5.82 Å². The largest absolute Gasteiger partial charge is 0.475 e. The minimum atomic E-state index is -0.954. The number of hydrogen-bond donors (Lipinski definition) is 2. The Morgan fingerprint density at radius 2 is 1.78 bits per heavy atom. The lowest BCUT2D eigenvalue weighted by molar-refractivity contribution is -0.00408. The van der Waals surface area contributed by atoms with Crippen LogP contribution in [0.15, 0.2) is 6.20 Å². The van der Waals surface area contributed by atoms with Gasteiger partial charge < -0.3 is 10.1 Å². The van der Waals surface area contributed by atoms with Crippen LogP contribution >= 0.6 is 0 Å². The maximum absolute atomic E-state index is 10.9. The van der Waals surface area contributed by atoms with Gasteiger partial charge in [0.15, 0.2) is 0 Å². The molecule has 4 heteroatoms. The molecule has 0 unspecified atom stereocenters. The fraction of sp³-hybridized carbons (Fsp3) is 0.714. The summed E-state index contributed by atoms with van der Waals surface area (Å²) >= 11 is 0. The molecule has 0 radical (unpaired) electrons. The van der Waals surface area contributed by atoms with E-state index < -0.39 is 5.97 Å². The van der Waals surface area contributed by atoms with Gasteiger partial charge in [0.1, 0.15) is 0 Å². The standard InChI is InChI=1S/C14H18N2O2/c17-14(18)13-15-6-11(16-13)12-9-2-7-1-8(4-9)5-10(12)3-7/h6-10,12H,1-5H2,(H,15,16)(H,17,18). The lowest BCUT2D eigenvalue weighted by Gasteiger charge is -2.54. The van der Waals surface area contributed by atoms with Crippen LogP contribution in [0.25, 0.3) is 0 Å². The van der Waals surface area contributed by atoms with Gasteiger partial charge in [-0.2, -0.15) is 0 Å². The molecule has 2 N–H and O–H groups in total. The van der Waals surface area contributed by atoms with Crippen LogP contribution in [0.3, 0.4) is 0 Å².